The maximum atomic E-state index is 12.7. The summed E-state index contributed by atoms with van der Waals surface area (Å²) in [5.41, 5.74) is 3.50. The third-order valence-electron chi connectivity index (χ3n) is 4.83. The van der Waals surface area contributed by atoms with Crippen LogP contribution in [0, 0.1) is 0 Å². The van der Waals surface area contributed by atoms with Gasteiger partial charge in [0.2, 0.25) is 0 Å². The van der Waals surface area contributed by atoms with Crippen molar-refractivity contribution < 1.29 is 14.3 Å². The Labute approximate surface area is 152 Å². The van der Waals surface area contributed by atoms with Crippen LogP contribution in [0.15, 0.2) is 48.5 Å². The van der Waals surface area contributed by atoms with Gasteiger partial charge >= 0.3 is 11.8 Å². The highest BCUT2D eigenvalue weighted by molar-refractivity contribution is 6.44. The fourth-order valence-electron chi connectivity index (χ4n) is 3.51. The molecule has 134 valence electrons. The fourth-order valence-corrected chi connectivity index (χ4v) is 3.51. The van der Waals surface area contributed by atoms with Gasteiger partial charge in [-0.05, 0) is 30.2 Å². The summed E-state index contributed by atoms with van der Waals surface area (Å²) < 4.78 is 5.39. The van der Waals surface area contributed by atoms with Crippen molar-refractivity contribution in [1.82, 2.24) is 0 Å². The number of hydrogen-bond acceptors (Lipinski definition) is 4. The molecule has 2 aliphatic rings. The smallest absolute Gasteiger partial charge is 0.316 e. The van der Waals surface area contributed by atoms with Gasteiger partial charge in [-0.3, -0.25) is 9.59 Å². The highest BCUT2D eigenvalue weighted by Crippen LogP contribution is 2.29. The number of para-hydroxylation sites is 3. The normalized spacial score (nSPS) is 16.3. The number of ether oxygens (including phenoxy) is 1. The molecule has 0 aromatic heterocycles. The van der Waals surface area contributed by atoms with Crippen LogP contribution in [0.1, 0.15) is 5.56 Å². The second-order valence-corrected chi connectivity index (χ2v) is 6.41. The molecule has 0 bridgehead atoms. The molecule has 1 saturated heterocycles. The molecule has 0 atom stereocenters. The lowest BCUT2D eigenvalue weighted by Crippen LogP contribution is -2.40. The van der Waals surface area contributed by atoms with Crippen molar-refractivity contribution in [3.63, 3.8) is 0 Å². The Hall–Kier alpha value is -2.86. The molecule has 6 heteroatoms. The van der Waals surface area contributed by atoms with Crippen LogP contribution in [-0.2, 0) is 20.7 Å². The number of nitrogens with zero attached hydrogens (tertiary/aromatic N) is 2. The Morgan fingerprint density at radius 2 is 1.58 bits per heavy atom. The Morgan fingerprint density at radius 1 is 0.885 bits per heavy atom. The quantitative estimate of drug-likeness (QED) is 0.842. The first-order valence-corrected chi connectivity index (χ1v) is 8.86. The van der Waals surface area contributed by atoms with E-state index in [0.29, 0.717) is 25.4 Å². The summed E-state index contributed by atoms with van der Waals surface area (Å²) >= 11 is 0. The third kappa shape index (κ3) is 3.15. The number of fused-ring (bicyclic) bond motifs is 1. The van der Waals surface area contributed by atoms with Gasteiger partial charge in [0.1, 0.15) is 0 Å². The summed E-state index contributed by atoms with van der Waals surface area (Å²) in [5.74, 6) is -1.13. The molecule has 2 aromatic rings. The number of hydrogen-bond donors (Lipinski definition) is 1. The molecule has 2 aromatic carbocycles. The van der Waals surface area contributed by atoms with Crippen LogP contribution in [-0.4, -0.2) is 44.7 Å². The lowest BCUT2D eigenvalue weighted by atomic mass is 10.2. The minimum Gasteiger partial charge on any atom is -0.378 e. The van der Waals surface area contributed by atoms with Gasteiger partial charge in [0, 0.05) is 25.3 Å². The van der Waals surface area contributed by atoms with Gasteiger partial charge in [0.15, 0.2) is 0 Å². The van der Waals surface area contributed by atoms with E-state index in [9.17, 15) is 9.59 Å². The molecule has 1 N–H and O–H groups in total. The topological polar surface area (TPSA) is 61.9 Å². The summed E-state index contributed by atoms with van der Waals surface area (Å²) in [6, 6.07) is 15.3. The van der Waals surface area contributed by atoms with Gasteiger partial charge in [-0.25, -0.2) is 0 Å². The van der Waals surface area contributed by atoms with Crippen LogP contribution in [0.2, 0.25) is 0 Å². The van der Waals surface area contributed by atoms with E-state index in [4.69, 9.17) is 4.74 Å². The summed E-state index contributed by atoms with van der Waals surface area (Å²) in [7, 11) is 0. The molecule has 2 amide bonds. The van der Waals surface area contributed by atoms with E-state index in [1.54, 1.807) is 4.90 Å². The monoisotopic (exact) mass is 351 g/mol. The first-order chi connectivity index (χ1) is 12.7. The summed E-state index contributed by atoms with van der Waals surface area (Å²) in [6.07, 6.45) is 0.777. The van der Waals surface area contributed by atoms with Gasteiger partial charge in [-0.15, -0.1) is 0 Å². The molecular weight excluding hydrogens is 330 g/mol. The Balaban J connectivity index is 1.51. The van der Waals surface area contributed by atoms with Gasteiger partial charge in [0.05, 0.1) is 24.6 Å². The number of carbonyl (C=O) groups is 2. The van der Waals surface area contributed by atoms with Gasteiger partial charge in [0.25, 0.3) is 0 Å². The first kappa shape index (κ1) is 16.6. The van der Waals surface area contributed by atoms with Gasteiger partial charge in [-0.1, -0.05) is 30.3 Å². The van der Waals surface area contributed by atoms with E-state index in [0.717, 1.165) is 36.4 Å². The number of carbonyl (C=O) groups excluding carboxylic acids is 2. The Kier molecular flexibility index (Phi) is 4.58. The van der Waals surface area contributed by atoms with Crippen molar-refractivity contribution in [2.75, 3.05) is 48.0 Å². The van der Waals surface area contributed by atoms with E-state index < -0.39 is 11.8 Å². The molecule has 1 fully saturated rings. The summed E-state index contributed by atoms with van der Waals surface area (Å²) in [4.78, 5) is 29.0. The average Bonchev–Trinajstić information content (AvgIpc) is 3.12. The highest BCUT2D eigenvalue weighted by atomic mass is 16.5. The van der Waals surface area contributed by atoms with Gasteiger partial charge in [-0.2, -0.15) is 0 Å². The van der Waals surface area contributed by atoms with Crippen LogP contribution in [0.4, 0.5) is 17.1 Å². The highest BCUT2D eigenvalue weighted by Gasteiger charge is 2.29. The van der Waals surface area contributed by atoms with Crippen molar-refractivity contribution in [2.24, 2.45) is 0 Å². The molecular formula is C20H21N3O3. The van der Waals surface area contributed by atoms with E-state index in [1.165, 1.54) is 0 Å². The Bertz CT molecular complexity index is 831. The van der Waals surface area contributed by atoms with Crippen LogP contribution in [0.5, 0.6) is 0 Å². The molecule has 0 saturated carbocycles. The van der Waals surface area contributed by atoms with Crippen molar-refractivity contribution in [3.05, 3.63) is 54.1 Å². The number of amides is 2. The zero-order valence-corrected chi connectivity index (χ0v) is 14.5. The van der Waals surface area contributed by atoms with Crippen molar-refractivity contribution in [1.29, 1.82) is 0 Å². The maximum Gasteiger partial charge on any atom is 0.316 e. The summed E-state index contributed by atoms with van der Waals surface area (Å²) in [5, 5.41) is 2.80. The number of morpholine rings is 1. The van der Waals surface area contributed by atoms with E-state index >= 15 is 0 Å². The molecule has 0 unspecified atom stereocenters. The van der Waals surface area contributed by atoms with Gasteiger partial charge < -0.3 is 19.9 Å². The van der Waals surface area contributed by atoms with Crippen LogP contribution in [0.25, 0.3) is 0 Å². The lowest BCUT2D eigenvalue weighted by Gasteiger charge is -2.30. The third-order valence-corrected chi connectivity index (χ3v) is 4.83. The molecule has 0 spiro atoms. The molecule has 0 aliphatic carbocycles. The largest absolute Gasteiger partial charge is 0.378 e. The minimum absolute atomic E-state index is 0.522. The van der Waals surface area contributed by atoms with Crippen LogP contribution in [0.3, 0.4) is 0 Å². The first-order valence-electron chi connectivity index (χ1n) is 8.86. The zero-order chi connectivity index (χ0) is 17.9. The van der Waals surface area contributed by atoms with E-state index in [2.05, 4.69) is 10.2 Å². The number of nitrogens with one attached hydrogen (secondary N) is 1. The number of rotatable bonds is 2. The van der Waals surface area contributed by atoms with Crippen molar-refractivity contribution in [2.45, 2.75) is 6.42 Å². The molecule has 4 rings (SSSR count). The molecule has 2 aliphatic heterocycles. The molecule has 0 radical (unpaired) electrons. The predicted molar refractivity (Wildman–Crippen MR) is 101 cm³/mol. The van der Waals surface area contributed by atoms with Crippen molar-refractivity contribution >= 4 is 28.9 Å². The summed E-state index contributed by atoms with van der Waals surface area (Å²) in [6.45, 7) is 3.38. The fraction of sp³-hybridized carbons (Fsp3) is 0.300. The average molecular weight is 351 g/mol. The SMILES string of the molecule is O=C(Nc1ccccc1N1CCOCC1)C(=O)N1CCc2ccccc21. The standard InChI is InChI=1S/C20H21N3O3/c24-19(20(25)23-10-9-15-5-1-3-7-17(15)23)21-16-6-2-4-8-18(16)22-11-13-26-14-12-22/h1-8H,9-14H2,(H,21,24). The number of anilines is 3. The zero-order valence-electron chi connectivity index (χ0n) is 14.5. The molecule has 2 heterocycles. The van der Waals surface area contributed by atoms with Crippen molar-refractivity contribution in [3.8, 4) is 0 Å². The minimum atomic E-state index is -0.609. The van der Waals surface area contributed by atoms with Crippen LogP contribution >= 0.6 is 0 Å². The Morgan fingerprint density at radius 3 is 2.38 bits per heavy atom. The van der Waals surface area contributed by atoms with Crippen LogP contribution < -0.4 is 15.1 Å². The second kappa shape index (κ2) is 7.17. The second-order valence-electron chi connectivity index (χ2n) is 6.41. The molecule has 26 heavy (non-hydrogen) atoms. The predicted octanol–water partition coefficient (Wildman–Crippen LogP) is 2.05. The molecule has 6 nitrogen and oxygen atoms in total. The van der Waals surface area contributed by atoms with E-state index in [-0.39, 0.29) is 0 Å². The lowest BCUT2D eigenvalue weighted by molar-refractivity contribution is -0.134. The van der Waals surface area contributed by atoms with E-state index in [1.807, 2.05) is 48.5 Å². The number of benzene rings is 2. The maximum absolute atomic E-state index is 12.7.